The van der Waals surface area contributed by atoms with E-state index in [1.807, 2.05) is 0 Å². The van der Waals surface area contributed by atoms with Crippen LogP contribution in [0.4, 0.5) is 17.1 Å². The maximum absolute atomic E-state index is 10.8. The molecule has 0 bridgehead atoms. The summed E-state index contributed by atoms with van der Waals surface area (Å²) in [5, 5.41) is 7.90. The highest BCUT2D eigenvalue weighted by molar-refractivity contribution is 7.85. The Bertz CT molecular complexity index is 882. The van der Waals surface area contributed by atoms with E-state index in [2.05, 4.69) is 10.2 Å². The zero-order chi connectivity index (χ0) is 17.5. The van der Waals surface area contributed by atoms with E-state index in [4.69, 9.17) is 22.9 Å². The molecule has 0 fully saturated rings. The molecule has 0 unspecified atom stereocenters. The molecule has 2 rings (SSSR count). The number of hydrogen-bond acceptors (Lipinski definition) is 8. The Labute approximate surface area is 133 Å². The molecular formula is C12H11N3O6S2. The SMILES string of the molecule is Nc1ccc(N=Nc2ccc(S(=O)(=O)O)cc2)cc1.O=S(=O)=O. The summed E-state index contributed by atoms with van der Waals surface area (Å²) >= 11 is 0. The van der Waals surface area contributed by atoms with Crippen LogP contribution in [0.5, 0.6) is 0 Å². The summed E-state index contributed by atoms with van der Waals surface area (Å²) < 4.78 is 55.8. The summed E-state index contributed by atoms with van der Waals surface area (Å²) in [4.78, 5) is -0.182. The first-order valence-corrected chi connectivity index (χ1v) is 8.24. The van der Waals surface area contributed by atoms with Gasteiger partial charge in [0.2, 0.25) is 0 Å². The fourth-order valence-electron chi connectivity index (χ4n) is 1.34. The number of nitrogen functional groups attached to an aromatic ring is 1. The molecule has 0 aliphatic rings. The van der Waals surface area contributed by atoms with E-state index in [0.29, 0.717) is 17.1 Å². The monoisotopic (exact) mass is 357 g/mol. The minimum Gasteiger partial charge on any atom is -0.399 e. The van der Waals surface area contributed by atoms with Crippen molar-refractivity contribution in [2.45, 2.75) is 4.90 Å². The Morgan fingerprint density at radius 3 is 1.52 bits per heavy atom. The number of benzene rings is 2. The molecule has 122 valence electrons. The average Bonchev–Trinajstić information content (AvgIpc) is 2.46. The lowest BCUT2D eigenvalue weighted by Gasteiger charge is -1.97. The van der Waals surface area contributed by atoms with Crippen LogP contribution in [-0.4, -0.2) is 25.6 Å². The average molecular weight is 357 g/mol. The van der Waals surface area contributed by atoms with Crippen LogP contribution in [0, 0.1) is 0 Å². The van der Waals surface area contributed by atoms with Crippen molar-refractivity contribution in [3.05, 3.63) is 48.5 Å². The first-order chi connectivity index (χ1) is 10.7. The van der Waals surface area contributed by atoms with E-state index in [9.17, 15) is 8.42 Å². The molecule has 3 N–H and O–H groups in total. The lowest BCUT2D eigenvalue weighted by molar-refractivity contribution is 0.483. The van der Waals surface area contributed by atoms with Gasteiger partial charge in [0.1, 0.15) is 0 Å². The van der Waals surface area contributed by atoms with Crippen LogP contribution in [0.15, 0.2) is 63.7 Å². The molecule has 0 amide bonds. The molecule has 23 heavy (non-hydrogen) atoms. The fraction of sp³-hybridized carbons (Fsp3) is 0. The molecule has 0 heterocycles. The first kappa shape index (κ1) is 18.4. The molecule has 11 heteroatoms. The van der Waals surface area contributed by atoms with Gasteiger partial charge in [0.05, 0.1) is 16.3 Å². The van der Waals surface area contributed by atoms with E-state index >= 15 is 0 Å². The van der Waals surface area contributed by atoms with Crippen molar-refractivity contribution in [2.75, 3.05) is 5.73 Å². The van der Waals surface area contributed by atoms with E-state index in [1.54, 1.807) is 24.3 Å². The molecule has 0 radical (unpaired) electrons. The number of nitrogens with zero attached hydrogens (tertiary/aromatic N) is 2. The zero-order valence-electron chi connectivity index (χ0n) is 11.4. The van der Waals surface area contributed by atoms with Crippen LogP contribution >= 0.6 is 0 Å². The van der Waals surface area contributed by atoms with Crippen LogP contribution in [0.3, 0.4) is 0 Å². The van der Waals surface area contributed by atoms with Crippen LogP contribution in [0.1, 0.15) is 0 Å². The van der Waals surface area contributed by atoms with Crippen molar-refractivity contribution in [2.24, 2.45) is 10.2 Å². The number of hydrogen-bond donors (Lipinski definition) is 2. The molecule has 0 saturated heterocycles. The van der Waals surface area contributed by atoms with Gasteiger partial charge in [0.25, 0.3) is 10.1 Å². The van der Waals surface area contributed by atoms with Crippen molar-refractivity contribution >= 4 is 37.8 Å². The third kappa shape index (κ3) is 7.26. The van der Waals surface area contributed by atoms with Gasteiger partial charge in [-0.15, -0.1) is 12.6 Å². The second kappa shape index (κ2) is 8.12. The summed E-state index contributed by atoms with van der Waals surface area (Å²) in [7, 11) is -7.29. The molecule has 0 aromatic heterocycles. The fourth-order valence-corrected chi connectivity index (χ4v) is 1.82. The second-order valence-corrected chi connectivity index (χ2v) is 5.79. The van der Waals surface area contributed by atoms with Crippen molar-refractivity contribution in [3.8, 4) is 0 Å². The largest absolute Gasteiger partial charge is 0.425 e. The third-order valence-corrected chi connectivity index (χ3v) is 3.18. The van der Waals surface area contributed by atoms with Gasteiger partial charge < -0.3 is 5.73 Å². The predicted molar refractivity (Wildman–Crippen MR) is 81.0 cm³/mol. The van der Waals surface area contributed by atoms with E-state index in [-0.39, 0.29) is 4.90 Å². The first-order valence-electron chi connectivity index (χ1n) is 5.80. The Morgan fingerprint density at radius 2 is 1.17 bits per heavy atom. The van der Waals surface area contributed by atoms with Gasteiger partial charge in [-0.05, 0) is 48.5 Å². The van der Waals surface area contributed by atoms with Gasteiger partial charge in [0.15, 0.2) is 0 Å². The normalized spacial score (nSPS) is 10.8. The van der Waals surface area contributed by atoms with E-state index < -0.39 is 20.7 Å². The molecular weight excluding hydrogens is 346 g/mol. The standard InChI is InChI=1S/C12H11N3O3S.O3S/c13-9-1-3-10(4-2-9)14-15-11-5-7-12(8-6-11)19(16,17)18;1-4(2)3/h1-8H,13H2,(H,16,17,18);. The Balaban J connectivity index is 0.000000593. The maximum atomic E-state index is 10.8. The van der Waals surface area contributed by atoms with Crippen LogP contribution in [0.2, 0.25) is 0 Å². The van der Waals surface area contributed by atoms with Gasteiger partial charge in [-0.2, -0.15) is 18.6 Å². The molecule has 2 aromatic carbocycles. The van der Waals surface area contributed by atoms with Gasteiger partial charge in [-0.1, -0.05) is 0 Å². The number of rotatable bonds is 3. The van der Waals surface area contributed by atoms with Gasteiger partial charge in [-0.25, -0.2) is 0 Å². The highest BCUT2D eigenvalue weighted by Gasteiger charge is 2.07. The minimum absolute atomic E-state index is 0.182. The topological polar surface area (TPSA) is 156 Å². The zero-order valence-corrected chi connectivity index (χ0v) is 13.0. The highest BCUT2D eigenvalue weighted by Crippen LogP contribution is 2.20. The Kier molecular flexibility index (Phi) is 6.50. The lowest BCUT2D eigenvalue weighted by Crippen LogP contribution is -1.96. The third-order valence-electron chi connectivity index (χ3n) is 2.31. The second-order valence-electron chi connectivity index (χ2n) is 3.96. The molecule has 9 nitrogen and oxygen atoms in total. The van der Waals surface area contributed by atoms with Crippen molar-refractivity contribution in [1.29, 1.82) is 0 Å². The molecule has 0 atom stereocenters. The van der Waals surface area contributed by atoms with Gasteiger partial charge >= 0.3 is 10.6 Å². The van der Waals surface area contributed by atoms with Gasteiger partial charge in [-0.3, -0.25) is 4.55 Å². The van der Waals surface area contributed by atoms with Crippen molar-refractivity contribution < 1.29 is 25.6 Å². The number of nitrogens with two attached hydrogens (primary N) is 1. The predicted octanol–water partition coefficient (Wildman–Crippen LogP) is 1.93. The molecule has 0 aliphatic carbocycles. The van der Waals surface area contributed by atoms with Crippen molar-refractivity contribution in [1.82, 2.24) is 0 Å². The Morgan fingerprint density at radius 1 is 0.826 bits per heavy atom. The molecule has 0 spiro atoms. The summed E-state index contributed by atoms with van der Waals surface area (Å²) in [6, 6.07) is 12.2. The minimum atomic E-state index is -4.18. The quantitative estimate of drug-likeness (QED) is 0.482. The number of anilines is 1. The van der Waals surface area contributed by atoms with E-state index in [0.717, 1.165) is 0 Å². The van der Waals surface area contributed by atoms with Crippen LogP contribution < -0.4 is 5.73 Å². The maximum Gasteiger partial charge on any atom is 0.425 e. The summed E-state index contributed by atoms with van der Waals surface area (Å²) in [5.74, 6) is 0. The summed E-state index contributed by atoms with van der Waals surface area (Å²) in [6.07, 6.45) is 0. The smallest absolute Gasteiger partial charge is 0.399 e. The summed E-state index contributed by atoms with van der Waals surface area (Å²) in [6.45, 7) is 0. The molecule has 0 aliphatic heterocycles. The lowest BCUT2D eigenvalue weighted by atomic mass is 10.3. The van der Waals surface area contributed by atoms with Gasteiger partial charge in [0, 0.05) is 5.69 Å². The molecule has 0 saturated carbocycles. The van der Waals surface area contributed by atoms with E-state index in [1.165, 1.54) is 24.3 Å². The molecule has 2 aromatic rings. The summed E-state index contributed by atoms with van der Waals surface area (Å²) in [5.41, 5.74) is 7.28. The van der Waals surface area contributed by atoms with Crippen LogP contribution in [-0.2, 0) is 20.7 Å². The Hall–Kier alpha value is -2.63. The number of azo groups is 1. The highest BCUT2D eigenvalue weighted by atomic mass is 32.2. The van der Waals surface area contributed by atoms with Crippen LogP contribution in [0.25, 0.3) is 0 Å². The van der Waals surface area contributed by atoms with Crippen molar-refractivity contribution in [3.63, 3.8) is 0 Å².